The van der Waals surface area contributed by atoms with Gasteiger partial charge in [0.1, 0.15) is 0 Å². The zero-order valence-electron chi connectivity index (χ0n) is 15.2. The molecule has 2 atom stereocenters. The minimum absolute atomic E-state index is 0.0102. The van der Waals surface area contributed by atoms with Crippen LogP contribution in [-0.4, -0.2) is 46.7 Å². The van der Waals surface area contributed by atoms with E-state index in [1.54, 1.807) is 4.93 Å². The molecule has 0 aromatic heterocycles. The SMILES string of the molecule is C[I-]C(C)(C(=O)OC(C)(C1CCCC1)C(O)(C(F)(F)F)C(F)(F)F)C12NI1N2. The summed E-state index contributed by atoms with van der Waals surface area (Å²) in [6, 6.07) is 0. The van der Waals surface area contributed by atoms with Crippen LogP contribution in [0.1, 0.15) is 39.5 Å². The molecule has 5 nitrogen and oxygen atoms in total. The molecule has 13 heteroatoms. The van der Waals surface area contributed by atoms with Crippen molar-refractivity contribution in [3.8, 4) is 0 Å². The molecule has 1 aliphatic carbocycles. The van der Waals surface area contributed by atoms with E-state index in [0.717, 1.165) is 0 Å². The maximum absolute atomic E-state index is 13.7. The predicted molar refractivity (Wildman–Crippen MR) is 90.9 cm³/mol. The number of esters is 1. The Kier molecular flexibility index (Phi) is 5.51. The molecule has 3 aliphatic rings. The number of ether oxygens (including phenoxy) is 1. The number of carbonyl (C=O) groups excluding carboxylic acids is 1. The number of aliphatic hydroxyl groups is 1. The van der Waals surface area contributed by atoms with E-state index < -0.39 is 84.1 Å². The topological polar surface area (TPSA) is 90.4 Å². The number of halogens is 8. The number of fused-ring (bicyclic) bond motifs is 1. The van der Waals surface area contributed by atoms with Crippen LogP contribution < -0.4 is 28.3 Å². The van der Waals surface area contributed by atoms with E-state index in [4.69, 9.17) is 4.74 Å². The second kappa shape index (κ2) is 6.69. The summed E-state index contributed by atoms with van der Waals surface area (Å²) in [5.74, 6) is -2.36. The van der Waals surface area contributed by atoms with Crippen molar-refractivity contribution in [1.82, 2.24) is 7.06 Å². The average Bonchev–Trinajstić information content (AvgIpc) is 3.36. The van der Waals surface area contributed by atoms with Crippen LogP contribution in [-0.2, 0) is 9.53 Å². The molecule has 28 heavy (non-hydrogen) atoms. The molecule has 0 bridgehead atoms. The van der Waals surface area contributed by atoms with Crippen molar-refractivity contribution in [2.75, 3.05) is 4.93 Å². The monoisotopic (exact) mass is 645 g/mol. The van der Waals surface area contributed by atoms with Crippen molar-refractivity contribution >= 4 is 26.3 Å². The van der Waals surface area contributed by atoms with Gasteiger partial charge >= 0.3 is 177 Å². The van der Waals surface area contributed by atoms with Gasteiger partial charge in [-0.1, -0.05) is 0 Å². The van der Waals surface area contributed by atoms with E-state index in [1.165, 1.54) is 6.92 Å². The van der Waals surface area contributed by atoms with Crippen molar-refractivity contribution in [2.24, 2.45) is 5.92 Å². The zero-order valence-corrected chi connectivity index (χ0v) is 19.5. The molecule has 0 spiro atoms. The molecule has 0 aromatic rings. The summed E-state index contributed by atoms with van der Waals surface area (Å²) in [7, 11) is 0. The van der Waals surface area contributed by atoms with E-state index in [0.29, 0.717) is 19.8 Å². The molecule has 2 aliphatic heterocycles. The third kappa shape index (κ3) is 2.99. The van der Waals surface area contributed by atoms with Gasteiger partial charge in [-0.3, -0.25) is 0 Å². The number of nitrogens with one attached hydrogen (secondary N) is 2. The molecule has 166 valence electrons. The second-order valence-corrected chi connectivity index (χ2v) is 15.1. The standard InChI is InChI=1S/C15H21F6I2N2O3/c1-10(22-3,15-23(24-15)25-15)9(26)28-11(2,8-6-4-5-7-8)12(27,13(16,17)18)14(19,20)21/h8,24-25,27H,4-7H2,1-3H3/q-1. The second-order valence-electron chi connectivity index (χ2n) is 7.51. The molecular formula is C15H21F6I2N2O3-. The summed E-state index contributed by atoms with van der Waals surface area (Å²) in [4.78, 5) is 14.7. The van der Waals surface area contributed by atoms with E-state index in [1.807, 2.05) is 0 Å². The molecule has 0 aromatic carbocycles. The molecule has 2 unspecified atom stereocenters. The Labute approximate surface area is 176 Å². The maximum atomic E-state index is 13.7. The molecule has 3 rings (SSSR count). The molecule has 0 radical (unpaired) electrons. The van der Waals surface area contributed by atoms with Gasteiger partial charge < -0.3 is 0 Å². The summed E-state index contributed by atoms with van der Waals surface area (Å²) in [5, 5.41) is 10.1. The number of hydrogen-bond acceptors (Lipinski definition) is 5. The Morgan fingerprint density at radius 2 is 1.54 bits per heavy atom. The number of alkyl halides is 9. The fourth-order valence-corrected chi connectivity index (χ4v) is 14.2. The molecular weight excluding hydrogens is 624 g/mol. The molecule has 0 amide bonds. The molecule has 2 heterocycles. The first-order valence-electron chi connectivity index (χ1n) is 8.46. The van der Waals surface area contributed by atoms with Gasteiger partial charge in [0.2, 0.25) is 0 Å². The van der Waals surface area contributed by atoms with Crippen LogP contribution in [0.3, 0.4) is 0 Å². The van der Waals surface area contributed by atoms with Crippen LogP contribution in [0.2, 0.25) is 0 Å². The summed E-state index contributed by atoms with van der Waals surface area (Å²) in [5.41, 5.74) is -8.33. The van der Waals surface area contributed by atoms with E-state index in [9.17, 15) is 36.2 Å². The minimum atomic E-state index is -6.06. The van der Waals surface area contributed by atoms with E-state index in [2.05, 4.69) is 7.06 Å². The van der Waals surface area contributed by atoms with Gasteiger partial charge in [0.05, 0.1) is 0 Å². The summed E-state index contributed by atoms with van der Waals surface area (Å²) < 4.78 is 91.4. The fourth-order valence-electron chi connectivity index (χ4n) is 3.87. The first-order chi connectivity index (χ1) is 12.6. The summed E-state index contributed by atoms with van der Waals surface area (Å²) in [6.07, 6.45) is -11.3. The van der Waals surface area contributed by atoms with Crippen molar-refractivity contribution < 1.29 is 62.2 Å². The van der Waals surface area contributed by atoms with Crippen LogP contribution in [0.25, 0.3) is 0 Å². The first kappa shape index (κ1) is 23.1. The third-order valence-corrected chi connectivity index (χ3v) is 15.3. The van der Waals surface area contributed by atoms with Crippen LogP contribution in [0, 0.1) is 5.92 Å². The van der Waals surface area contributed by atoms with Crippen molar-refractivity contribution in [2.45, 2.75) is 70.2 Å². The van der Waals surface area contributed by atoms with Crippen LogP contribution in [0.5, 0.6) is 0 Å². The van der Waals surface area contributed by atoms with Gasteiger partial charge in [-0.25, -0.2) is 0 Å². The van der Waals surface area contributed by atoms with Gasteiger partial charge in [0.25, 0.3) is 0 Å². The van der Waals surface area contributed by atoms with Crippen molar-refractivity contribution in [3.63, 3.8) is 0 Å². The predicted octanol–water partition coefficient (Wildman–Crippen LogP) is 0.00830. The van der Waals surface area contributed by atoms with Gasteiger partial charge in [0.15, 0.2) is 0 Å². The Morgan fingerprint density at radius 3 is 1.86 bits per heavy atom. The van der Waals surface area contributed by atoms with Gasteiger partial charge in [0, 0.05) is 0 Å². The normalized spacial score (nSPS) is 27.7. The summed E-state index contributed by atoms with van der Waals surface area (Å²) in [6.45, 7) is 2.10. The summed E-state index contributed by atoms with van der Waals surface area (Å²) >= 11 is -2.65. The quantitative estimate of drug-likeness (QED) is 0.0722. The molecule has 3 fully saturated rings. The number of hydrogen-bond donors (Lipinski definition) is 3. The fraction of sp³-hybridized carbons (Fsp3) is 0.933. The van der Waals surface area contributed by atoms with Crippen LogP contribution in [0.15, 0.2) is 0 Å². The molecule has 1 saturated carbocycles. The Balaban J connectivity index is 2.04. The van der Waals surface area contributed by atoms with Gasteiger partial charge in [-0.2, -0.15) is 0 Å². The molecule has 2 saturated heterocycles. The Bertz CT molecular complexity index is 649. The van der Waals surface area contributed by atoms with Crippen LogP contribution in [0.4, 0.5) is 26.3 Å². The van der Waals surface area contributed by atoms with Crippen LogP contribution >= 0.6 is 20.4 Å². The van der Waals surface area contributed by atoms with Gasteiger partial charge in [-0.05, 0) is 0 Å². The zero-order chi connectivity index (χ0) is 21.4. The third-order valence-electron chi connectivity index (χ3n) is 6.05. The molecule has 3 N–H and O–H groups in total. The average molecular weight is 645 g/mol. The number of rotatable bonds is 6. The van der Waals surface area contributed by atoms with Crippen molar-refractivity contribution in [1.29, 1.82) is 0 Å². The Morgan fingerprint density at radius 1 is 1.11 bits per heavy atom. The Hall–Kier alpha value is 0.390. The number of carbonyl (C=O) groups is 1. The van der Waals surface area contributed by atoms with E-state index in [-0.39, 0.29) is 12.8 Å². The van der Waals surface area contributed by atoms with E-state index >= 15 is 0 Å². The van der Waals surface area contributed by atoms with Gasteiger partial charge in [-0.15, -0.1) is 0 Å². The first-order valence-corrected chi connectivity index (χ1v) is 14.9. The van der Waals surface area contributed by atoms with Crippen molar-refractivity contribution in [3.05, 3.63) is 0 Å².